The summed E-state index contributed by atoms with van der Waals surface area (Å²) in [7, 11) is 0. The Labute approximate surface area is 156 Å². The molecule has 1 heterocycles. The average Bonchev–Trinajstić information content (AvgIpc) is 2.82. The van der Waals surface area contributed by atoms with Gasteiger partial charge in [-0.25, -0.2) is 4.79 Å². The predicted molar refractivity (Wildman–Crippen MR) is 90.6 cm³/mol. The van der Waals surface area contributed by atoms with Crippen LogP contribution in [0.1, 0.15) is 58.3 Å². The molecule has 2 saturated carbocycles. The van der Waals surface area contributed by atoms with E-state index < -0.39 is 48.1 Å². The molecule has 0 aromatic rings. The van der Waals surface area contributed by atoms with Crippen molar-refractivity contribution >= 4 is 17.8 Å². The van der Waals surface area contributed by atoms with Crippen LogP contribution in [-0.4, -0.2) is 47.0 Å². The van der Waals surface area contributed by atoms with Gasteiger partial charge >= 0.3 is 12.2 Å². The van der Waals surface area contributed by atoms with Crippen molar-refractivity contribution < 1.29 is 27.6 Å². The quantitative estimate of drug-likeness (QED) is 0.729. The molecular weight excluding hydrogens is 363 g/mol. The van der Waals surface area contributed by atoms with Gasteiger partial charge in [-0.05, 0) is 38.0 Å². The maximum absolute atomic E-state index is 12.9. The van der Waals surface area contributed by atoms with E-state index in [1.54, 1.807) is 0 Å². The lowest BCUT2D eigenvalue weighted by atomic mass is 9.73. The molecule has 0 bridgehead atoms. The van der Waals surface area contributed by atoms with Crippen LogP contribution < -0.4 is 10.6 Å². The van der Waals surface area contributed by atoms with E-state index in [1.165, 1.54) is 0 Å². The molecule has 0 unspecified atom stereocenters. The first-order chi connectivity index (χ1) is 12.6. The van der Waals surface area contributed by atoms with Crippen LogP contribution in [0.2, 0.25) is 0 Å². The molecule has 1 spiro atoms. The number of halogens is 3. The number of nitrogens with zero attached hydrogens (tertiary/aromatic N) is 1. The number of urea groups is 1. The highest BCUT2D eigenvalue weighted by atomic mass is 19.4. The second-order valence-electron chi connectivity index (χ2n) is 8.11. The third-order valence-corrected chi connectivity index (χ3v) is 6.31. The standard InChI is InChI=1S/C18H26F3N3O3/c1-11-5-2-3-8-17(11)15(26)24(16(27)23-17)10-14(25)22-13-7-4-6-12(9-13)18(19,20)21/h11-13H,2-10H2,1H3,(H,22,25)(H,23,27)/t11-,12+,13+,17+/m1/s1. The Kier molecular flexibility index (Phi) is 5.40. The van der Waals surface area contributed by atoms with Crippen LogP contribution in [0.5, 0.6) is 0 Å². The summed E-state index contributed by atoms with van der Waals surface area (Å²) in [5.74, 6) is -2.42. The molecule has 2 aliphatic carbocycles. The molecular formula is C18H26F3N3O3. The van der Waals surface area contributed by atoms with Gasteiger partial charge in [-0.2, -0.15) is 13.2 Å². The smallest absolute Gasteiger partial charge is 0.352 e. The summed E-state index contributed by atoms with van der Waals surface area (Å²) in [4.78, 5) is 38.3. The van der Waals surface area contributed by atoms with Crippen molar-refractivity contribution in [2.45, 2.75) is 76.0 Å². The molecule has 27 heavy (non-hydrogen) atoms. The molecule has 1 aliphatic heterocycles. The van der Waals surface area contributed by atoms with Crippen LogP contribution in [-0.2, 0) is 9.59 Å². The Hall–Kier alpha value is -1.80. The monoisotopic (exact) mass is 389 g/mol. The SMILES string of the molecule is C[C@@H]1CCCC[C@]12NC(=O)N(CC(=O)N[C@H]1CCC[C@H](C(F)(F)F)C1)C2=O. The Morgan fingerprint density at radius 2 is 1.96 bits per heavy atom. The molecule has 0 aromatic heterocycles. The molecule has 6 nitrogen and oxygen atoms in total. The van der Waals surface area contributed by atoms with Crippen molar-refractivity contribution in [2.24, 2.45) is 11.8 Å². The van der Waals surface area contributed by atoms with E-state index in [1.807, 2.05) is 6.92 Å². The second-order valence-corrected chi connectivity index (χ2v) is 8.11. The molecule has 1 saturated heterocycles. The van der Waals surface area contributed by atoms with E-state index in [2.05, 4.69) is 10.6 Å². The van der Waals surface area contributed by atoms with E-state index in [0.29, 0.717) is 19.3 Å². The van der Waals surface area contributed by atoms with Gasteiger partial charge in [0.05, 0.1) is 5.92 Å². The summed E-state index contributed by atoms with van der Waals surface area (Å²) in [6.07, 6.45) is -0.290. The Bertz CT molecular complexity index is 625. The van der Waals surface area contributed by atoms with Crippen LogP contribution in [0, 0.1) is 11.8 Å². The number of amides is 4. The van der Waals surface area contributed by atoms with Gasteiger partial charge in [-0.3, -0.25) is 14.5 Å². The second kappa shape index (κ2) is 7.31. The van der Waals surface area contributed by atoms with E-state index in [4.69, 9.17) is 0 Å². The van der Waals surface area contributed by atoms with Gasteiger partial charge in [0.1, 0.15) is 12.1 Å². The molecule has 152 valence electrons. The molecule has 0 radical (unpaired) electrons. The number of hydrogen-bond donors (Lipinski definition) is 2. The number of alkyl halides is 3. The minimum Gasteiger partial charge on any atom is -0.352 e. The van der Waals surface area contributed by atoms with Crippen LogP contribution in [0.15, 0.2) is 0 Å². The van der Waals surface area contributed by atoms with Gasteiger partial charge in [-0.1, -0.05) is 26.2 Å². The summed E-state index contributed by atoms with van der Waals surface area (Å²) in [5.41, 5.74) is -0.943. The lowest BCUT2D eigenvalue weighted by Gasteiger charge is -2.36. The molecule has 0 aromatic carbocycles. The van der Waals surface area contributed by atoms with Gasteiger partial charge in [-0.15, -0.1) is 0 Å². The van der Waals surface area contributed by atoms with Gasteiger partial charge in [0, 0.05) is 6.04 Å². The van der Waals surface area contributed by atoms with Crippen LogP contribution in [0.4, 0.5) is 18.0 Å². The molecule has 3 fully saturated rings. The number of hydrogen-bond acceptors (Lipinski definition) is 3. The zero-order valence-corrected chi connectivity index (χ0v) is 15.4. The third-order valence-electron chi connectivity index (χ3n) is 6.31. The zero-order valence-electron chi connectivity index (χ0n) is 15.4. The van der Waals surface area contributed by atoms with Gasteiger partial charge < -0.3 is 10.6 Å². The highest BCUT2D eigenvalue weighted by Crippen LogP contribution is 2.39. The minimum atomic E-state index is -4.27. The van der Waals surface area contributed by atoms with E-state index in [-0.39, 0.29) is 18.8 Å². The maximum Gasteiger partial charge on any atom is 0.391 e. The van der Waals surface area contributed by atoms with Crippen molar-refractivity contribution in [3.05, 3.63) is 0 Å². The highest BCUT2D eigenvalue weighted by molar-refractivity contribution is 6.09. The van der Waals surface area contributed by atoms with Crippen molar-refractivity contribution in [1.29, 1.82) is 0 Å². The lowest BCUT2D eigenvalue weighted by Crippen LogP contribution is -2.54. The first-order valence-corrected chi connectivity index (χ1v) is 9.63. The third kappa shape index (κ3) is 3.91. The average molecular weight is 389 g/mol. The van der Waals surface area contributed by atoms with Crippen LogP contribution in [0.3, 0.4) is 0 Å². The number of carbonyl (C=O) groups excluding carboxylic acids is 3. The topological polar surface area (TPSA) is 78.5 Å². The first-order valence-electron chi connectivity index (χ1n) is 9.63. The van der Waals surface area contributed by atoms with Crippen molar-refractivity contribution in [1.82, 2.24) is 15.5 Å². The minimum absolute atomic E-state index is 0.0124. The van der Waals surface area contributed by atoms with E-state index in [0.717, 1.165) is 24.2 Å². The molecule has 3 aliphatic rings. The lowest BCUT2D eigenvalue weighted by molar-refractivity contribution is -0.184. The Morgan fingerprint density at radius 1 is 1.22 bits per heavy atom. The maximum atomic E-state index is 12.9. The van der Waals surface area contributed by atoms with Crippen LogP contribution >= 0.6 is 0 Å². The zero-order chi connectivity index (χ0) is 19.8. The summed E-state index contributed by atoms with van der Waals surface area (Å²) < 4.78 is 38.7. The molecule has 4 amide bonds. The van der Waals surface area contributed by atoms with Gasteiger partial charge in [0.15, 0.2) is 0 Å². The van der Waals surface area contributed by atoms with E-state index in [9.17, 15) is 27.6 Å². The fourth-order valence-electron chi connectivity index (χ4n) is 4.67. The fourth-order valence-corrected chi connectivity index (χ4v) is 4.67. The van der Waals surface area contributed by atoms with Crippen molar-refractivity contribution in [2.75, 3.05) is 6.54 Å². The number of rotatable bonds is 3. The summed E-state index contributed by atoms with van der Waals surface area (Å²) in [6.45, 7) is 1.46. The van der Waals surface area contributed by atoms with Crippen LogP contribution in [0.25, 0.3) is 0 Å². The summed E-state index contributed by atoms with van der Waals surface area (Å²) in [5, 5.41) is 5.34. The first kappa shape index (κ1) is 19.9. The van der Waals surface area contributed by atoms with Gasteiger partial charge in [0.2, 0.25) is 5.91 Å². The summed E-state index contributed by atoms with van der Waals surface area (Å²) >= 11 is 0. The molecule has 3 rings (SSSR count). The molecule has 4 atom stereocenters. The van der Waals surface area contributed by atoms with Crippen molar-refractivity contribution in [3.63, 3.8) is 0 Å². The number of imide groups is 1. The van der Waals surface area contributed by atoms with Gasteiger partial charge in [0.25, 0.3) is 5.91 Å². The molecule has 9 heteroatoms. The summed E-state index contributed by atoms with van der Waals surface area (Å²) in [6, 6.07) is -1.18. The van der Waals surface area contributed by atoms with Crippen molar-refractivity contribution in [3.8, 4) is 0 Å². The normalized spacial score (nSPS) is 34.7. The number of nitrogens with one attached hydrogen (secondary N) is 2. The predicted octanol–water partition coefficient (Wildman–Crippen LogP) is 2.72. The largest absolute Gasteiger partial charge is 0.391 e. The van der Waals surface area contributed by atoms with E-state index >= 15 is 0 Å². The Balaban J connectivity index is 1.59. The number of carbonyl (C=O) groups is 3. The Morgan fingerprint density at radius 3 is 2.63 bits per heavy atom. The molecule has 2 N–H and O–H groups in total. The fraction of sp³-hybridized carbons (Fsp3) is 0.833. The highest BCUT2D eigenvalue weighted by Gasteiger charge is 2.55.